The minimum Gasteiger partial charge on any atom is -0.464 e. The number of furan rings is 1. The summed E-state index contributed by atoms with van der Waals surface area (Å²) in [6.07, 6.45) is 3.24. The molecule has 2 aliphatic heterocycles. The third-order valence-corrected chi connectivity index (χ3v) is 5.95. The zero-order valence-corrected chi connectivity index (χ0v) is 17.8. The Kier molecular flexibility index (Phi) is 5.25. The van der Waals surface area contributed by atoms with Gasteiger partial charge >= 0.3 is 0 Å². The molecule has 2 amide bonds. The molecule has 0 aliphatic carbocycles. The van der Waals surface area contributed by atoms with Crippen molar-refractivity contribution >= 4 is 28.8 Å². The summed E-state index contributed by atoms with van der Waals surface area (Å²) in [4.78, 5) is 29.6. The molecule has 0 radical (unpaired) electrons. The molecular weight excluding hydrogens is 404 g/mol. The van der Waals surface area contributed by atoms with E-state index in [2.05, 4.69) is 39.6 Å². The van der Waals surface area contributed by atoms with E-state index in [1.165, 1.54) is 5.69 Å². The number of nitrogens with one attached hydrogen (secondary N) is 2. The Bertz CT molecular complexity index is 1170. The maximum Gasteiger partial charge on any atom is 0.260 e. The Balaban J connectivity index is 1.39. The minimum absolute atomic E-state index is 0.398. The van der Waals surface area contributed by atoms with Crippen molar-refractivity contribution in [2.24, 2.45) is 0 Å². The van der Waals surface area contributed by atoms with Crippen molar-refractivity contribution in [3.63, 3.8) is 0 Å². The summed E-state index contributed by atoms with van der Waals surface area (Å²) in [5, 5.41) is 5.62. The van der Waals surface area contributed by atoms with Crippen LogP contribution in [0.3, 0.4) is 0 Å². The van der Waals surface area contributed by atoms with Crippen LogP contribution < -0.4 is 15.5 Å². The highest BCUT2D eigenvalue weighted by atomic mass is 16.3. The number of rotatable bonds is 4. The van der Waals surface area contributed by atoms with Gasteiger partial charge in [-0.25, -0.2) is 0 Å². The van der Waals surface area contributed by atoms with Crippen LogP contribution in [0.2, 0.25) is 0 Å². The van der Waals surface area contributed by atoms with Crippen molar-refractivity contribution < 1.29 is 14.0 Å². The molecule has 0 bridgehead atoms. The molecule has 1 fully saturated rings. The Morgan fingerprint density at radius 2 is 1.72 bits per heavy atom. The van der Waals surface area contributed by atoms with Crippen molar-refractivity contribution in [1.29, 1.82) is 0 Å². The zero-order chi connectivity index (χ0) is 22.1. The van der Waals surface area contributed by atoms with Gasteiger partial charge in [0.05, 0.1) is 11.8 Å². The topological polar surface area (TPSA) is 77.8 Å². The van der Waals surface area contributed by atoms with Crippen LogP contribution in [0, 0.1) is 0 Å². The van der Waals surface area contributed by atoms with E-state index in [0.29, 0.717) is 22.5 Å². The van der Waals surface area contributed by atoms with Gasteiger partial charge in [0.2, 0.25) is 0 Å². The standard InChI is InChI=1S/C25H24N4O3/c1-28-10-12-29(13-11-28)19-7-5-18(6-8-19)26-16-22-21-15-17(23-3-2-14-32-23)4-9-20(21)24(30)27-25(22)31/h2-9,14-16,26H,10-13H2,1H3,(H,27,30,31)/b22-16-. The lowest BCUT2D eigenvalue weighted by molar-refractivity contribution is -0.114. The first kappa shape index (κ1) is 20.1. The summed E-state index contributed by atoms with van der Waals surface area (Å²) in [5.41, 5.74) is 4.29. The second kappa shape index (κ2) is 8.36. The summed E-state index contributed by atoms with van der Waals surface area (Å²) >= 11 is 0. The largest absolute Gasteiger partial charge is 0.464 e. The highest BCUT2D eigenvalue weighted by Crippen LogP contribution is 2.30. The first-order chi connectivity index (χ1) is 15.6. The molecule has 2 aliphatic rings. The molecule has 0 atom stereocenters. The molecule has 0 unspecified atom stereocenters. The number of imide groups is 1. The van der Waals surface area contributed by atoms with Gasteiger partial charge in [-0.1, -0.05) is 6.07 Å². The molecule has 3 aromatic rings. The highest BCUT2D eigenvalue weighted by Gasteiger charge is 2.27. The second-order valence-corrected chi connectivity index (χ2v) is 8.06. The maximum atomic E-state index is 12.6. The number of likely N-dealkylation sites (N-methyl/N-ethyl adjacent to an activating group) is 1. The summed E-state index contributed by atoms with van der Waals surface area (Å²) in [6, 6.07) is 17.1. The van der Waals surface area contributed by atoms with Crippen molar-refractivity contribution in [2.45, 2.75) is 0 Å². The number of carbonyl (C=O) groups excluding carboxylic acids is 2. The molecule has 32 heavy (non-hydrogen) atoms. The molecule has 5 rings (SSSR count). The molecule has 7 heteroatoms. The van der Waals surface area contributed by atoms with Crippen molar-refractivity contribution in [3.8, 4) is 11.3 Å². The summed E-state index contributed by atoms with van der Waals surface area (Å²) in [6.45, 7) is 4.13. The van der Waals surface area contributed by atoms with Crippen LogP contribution in [-0.4, -0.2) is 49.9 Å². The van der Waals surface area contributed by atoms with Gasteiger partial charge in [0.15, 0.2) is 0 Å². The third kappa shape index (κ3) is 3.90. The predicted molar refractivity (Wildman–Crippen MR) is 124 cm³/mol. The molecule has 162 valence electrons. The molecule has 1 aromatic heterocycles. The van der Waals surface area contributed by atoms with E-state index >= 15 is 0 Å². The van der Waals surface area contributed by atoms with Crippen LogP contribution in [0.25, 0.3) is 16.9 Å². The summed E-state index contributed by atoms with van der Waals surface area (Å²) < 4.78 is 5.47. The van der Waals surface area contributed by atoms with E-state index in [1.54, 1.807) is 24.6 Å². The number of hydrogen-bond donors (Lipinski definition) is 2. The molecular formula is C25H24N4O3. The van der Waals surface area contributed by atoms with E-state index < -0.39 is 11.8 Å². The number of hydrogen-bond acceptors (Lipinski definition) is 6. The van der Waals surface area contributed by atoms with Gasteiger partial charge in [-0.15, -0.1) is 0 Å². The van der Waals surface area contributed by atoms with Crippen molar-refractivity contribution in [1.82, 2.24) is 10.2 Å². The van der Waals surface area contributed by atoms with E-state index in [-0.39, 0.29) is 0 Å². The normalized spacial score (nSPS) is 17.9. The molecule has 2 N–H and O–H groups in total. The van der Waals surface area contributed by atoms with Crippen LogP contribution >= 0.6 is 0 Å². The van der Waals surface area contributed by atoms with Gasteiger partial charge in [0.25, 0.3) is 11.8 Å². The van der Waals surface area contributed by atoms with Gasteiger partial charge in [-0.2, -0.15) is 0 Å². The Morgan fingerprint density at radius 3 is 2.44 bits per heavy atom. The molecule has 2 aromatic carbocycles. The quantitative estimate of drug-likeness (QED) is 0.490. The molecule has 0 saturated carbocycles. The smallest absolute Gasteiger partial charge is 0.260 e. The lowest BCUT2D eigenvalue weighted by Crippen LogP contribution is -2.44. The zero-order valence-electron chi connectivity index (χ0n) is 17.8. The van der Waals surface area contributed by atoms with Crippen molar-refractivity contribution in [2.75, 3.05) is 43.4 Å². The monoisotopic (exact) mass is 428 g/mol. The lowest BCUT2D eigenvalue weighted by atomic mass is 9.93. The van der Waals surface area contributed by atoms with Crippen LogP contribution in [0.15, 0.2) is 71.5 Å². The van der Waals surface area contributed by atoms with Crippen LogP contribution in [0.5, 0.6) is 0 Å². The predicted octanol–water partition coefficient (Wildman–Crippen LogP) is 3.42. The van der Waals surface area contributed by atoms with Gasteiger partial charge < -0.3 is 19.5 Å². The van der Waals surface area contributed by atoms with Gasteiger partial charge in [0, 0.05) is 60.4 Å². The minimum atomic E-state index is -0.430. The fraction of sp³-hybridized carbons (Fsp3) is 0.200. The van der Waals surface area contributed by atoms with Gasteiger partial charge in [-0.3, -0.25) is 14.9 Å². The first-order valence-electron chi connectivity index (χ1n) is 10.6. The van der Waals surface area contributed by atoms with E-state index in [0.717, 1.165) is 37.4 Å². The number of benzene rings is 2. The lowest BCUT2D eigenvalue weighted by Gasteiger charge is -2.34. The average Bonchev–Trinajstić information content (AvgIpc) is 3.35. The number of amides is 2. The number of carbonyl (C=O) groups is 2. The maximum absolute atomic E-state index is 12.6. The van der Waals surface area contributed by atoms with Crippen LogP contribution in [-0.2, 0) is 4.79 Å². The second-order valence-electron chi connectivity index (χ2n) is 8.06. The SMILES string of the molecule is CN1CCN(c2ccc(N/C=C3\C(=O)NC(=O)c4ccc(-c5ccco5)cc43)cc2)CC1. The Morgan fingerprint density at radius 1 is 0.938 bits per heavy atom. The van der Waals surface area contributed by atoms with Crippen LogP contribution in [0.4, 0.5) is 11.4 Å². The average molecular weight is 428 g/mol. The molecule has 0 spiro atoms. The Hall–Kier alpha value is -3.84. The number of piperazine rings is 1. The van der Waals surface area contributed by atoms with E-state index in [4.69, 9.17) is 4.42 Å². The van der Waals surface area contributed by atoms with E-state index in [1.807, 2.05) is 30.3 Å². The van der Waals surface area contributed by atoms with Crippen molar-refractivity contribution in [3.05, 3.63) is 78.2 Å². The fourth-order valence-corrected chi connectivity index (χ4v) is 4.05. The molecule has 7 nitrogen and oxygen atoms in total. The van der Waals surface area contributed by atoms with Gasteiger partial charge in [0.1, 0.15) is 5.76 Å². The third-order valence-electron chi connectivity index (χ3n) is 5.95. The Labute approximate surface area is 186 Å². The van der Waals surface area contributed by atoms with Crippen LogP contribution in [0.1, 0.15) is 15.9 Å². The number of nitrogens with zero attached hydrogens (tertiary/aromatic N) is 2. The fourth-order valence-electron chi connectivity index (χ4n) is 4.05. The van der Waals surface area contributed by atoms with E-state index in [9.17, 15) is 9.59 Å². The number of fused-ring (bicyclic) bond motifs is 1. The number of anilines is 2. The summed E-state index contributed by atoms with van der Waals surface area (Å²) in [7, 11) is 2.14. The van der Waals surface area contributed by atoms with Gasteiger partial charge in [-0.05, 0) is 55.6 Å². The highest BCUT2D eigenvalue weighted by molar-refractivity contribution is 6.31. The first-order valence-corrected chi connectivity index (χ1v) is 10.6. The molecule has 1 saturated heterocycles. The summed E-state index contributed by atoms with van der Waals surface area (Å²) in [5.74, 6) is -0.150. The molecule has 3 heterocycles.